The van der Waals surface area contributed by atoms with Crippen LogP contribution >= 0.6 is 0 Å². The number of nitro groups is 1. The maximum Gasteiger partial charge on any atom is 0.275 e. The summed E-state index contributed by atoms with van der Waals surface area (Å²) in [6, 6.07) is 1.92. The third-order valence-corrected chi connectivity index (χ3v) is 2.96. The number of aromatic nitrogens is 1. The van der Waals surface area contributed by atoms with E-state index in [4.69, 9.17) is 0 Å². The van der Waals surface area contributed by atoms with Crippen molar-refractivity contribution in [2.45, 2.75) is 46.1 Å². The first-order valence-electron chi connectivity index (χ1n) is 6.41. The highest BCUT2D eigenvalue weighted by molar-refractivity contribution is 5.38. The second kappa shape index (κ2) is 7.06. The molecule has 0 radical (unpaired) electrons. The fourth-order valence-corrected chi connectivity index (χ4v) is 1.82. The third kappa shape index (κ3) is 4.07. The van der Waals surface area contributed by atoms with E-state index in [0.29, 0.717) is 11.6 Å². The van der Waals surface area contributed by atoms with E-state index in [-0.39, 0.29) is 10.6 Å². The summed E-state index contributed by atoms with van der Waals surface area (Å²) >= 11 is 0. The first-order valence-corrected chi connectivity index (χ1v) is 6.41. The summed E-state index contributed by atoms with van der Waals surface area (Å²) in [4.78, 5) is 14.8. The predicted molar refractivity (Wildman–Crippen MR) is 71.7 cm³/mol. The SMILES string of the molecule is CCCNC(CC)Cc1cc([N+](=O)[O-])c(C)cn1. The molecule has 0 amide bonds. The molecule has 18 heavy (non-hydrogen) atoms. The van der Waals surface area contributed by atoms with Crippen molar-refractivity contribution >= 4 is 5.69 Å². The van der Waals surface area contributed by atoms with Crippen LogP contribution in [0.4, 0.5) is 5.69 Å². The Labute approximate surface area is 108 Å². The first-order chi connectivity index (χ1) is 8.58. The molecular weight excluding hydrogens is 230 g/mol. The molecule has 0 fully saturated rings. The summed E-state index contributed by atoms with van der Waals surface area (Å²) in [5.41, 5.74) is 1.55. The zero-order chi connectivity index (χ0) is 13.5. The van der Waals surface area contributed by atoms with Gasteiger partial charge < -0.3 is 5.32 Å². The van der Waals surface area contributed by atoms with Crippen molar-refractivity contribution in [3.63, 3.8) is 0 Å². The number of hydrogen-bond donors (Lipinski definition) is 1. The normalized spacial score (nSPS) is 12.4. The van der Waals surface area contributed by atoms with Gasteiger partial charge in [-0.05, 0) is 26.3 Å². The molecule has 0 aliphatic carbocycles. The van der Waals surface area contributed by atoms with Gasteiger partial charge in [0.2, 0.25) is 0 Å². The van der Waals surface area contributed by atoms with Gasteiger partial charge in [-0.1, -0.05) is 13.8 Å². The van der Waals surface area contributed by atoms with Gasteiger partial charge in [0.25, 0.3) is 5.69 Å². The standard InChI is InChI=1S/C13H21N3O2/c1-4-6-14-11(5-2)7-12-8-13(16(17)18)10(3)9-15-12/h8-9,11,14H,4-7H2,1-3H3. The van der Waals surface area contributed by atoms with Crippen LogP contribution in [0.2, 0.25) is 0 Å². The van der Waals surface area contributed by atoms with Crippen LogP contribution in [-0.4, -0.2) is 22.5 Å². The maximum absolute atomic E-state index is 10.9. The van der Waals surface area contributed by atoms with Crippen molar-refractivity contribution in [3.8, 4) is 0 Å². The Kier molecular flexibility index (Phi) is 5.71. The van der Waals surface area contributed by atoms with Crippen LogP contribution in [0.25, 0.3) is 0 Å². The fraction of sp³-hybridized carbons (Fsp3) is 0.615. The second-order valence-electron chi connectivity index (χ2n) is 4.48. The lowest BCUT2D eigenvalue weighted by Crippen LogP contribution is -2.31. The number of hydrogen-bond acceptors (Lipinski definition) is 4. The van der Waals surface area contributed by atoms with E-state index in [2.05, 4.69) is 24.1 Å². The highest BCUT2D eigenvalue weighted by atomic mass is 16.6. The maximum atomic E-state index is 10.9. The van der Waals surface area contributed by atoms with Gasteiger partial charge in [-0.2, -0.15) is 0 Å². The Balaban J connectivity index is 2.77. The molecule has 5 nitrogen and oxygen atoms in total. The molecule has 100 valence electrons. The van der Waals surface area contributed by atoms with E-state index in [0.717, 1.165) is 31.5 Å². The van der Waals surface area contributed by atoms with Crippen LogP contribution in [-0.2, 0) is 6.42 Å². The van der Waals surface area contributed by atoms with Gasteiger partial charge in [0.1, 0.15) is 0 Å². The number of nitrogens with one attached hydrogen (secondary N) is 1. The van der Waals surface area contributed by atoms with Crippen molar-refractivity contribution in [2.24, 2.45) is 0 Å². The van der Waals surface area contributed by atoms with Gasteiger partial charge in [0.15, 0.2) is 0 Å². The molecule has 1 unspecified atom stereocenters. The topological polar surface area (TPSA) is 68.1 Å². The lowest BCUT2D eigenvalue weighted by atomic mass is 10.1. The highest BCUT2D eigenvalue weighted by Gasteiger charge is 2.14. The molecule has 0 saturated carbocycles. The molecule has 1 rings (SSSR count). The Morgan fingerprint density at radius 3 is 2.78 bits per heavy atom. The Bertz CT molecular complexity index is 407. The van der Waals surface area contributed by atoms with E-state index in [1.165, 1.54) is 0 Å². The zero-order valence-corrected chi connectivity index (χ0v) is 11.3. The molecule has 0 aromatic carbocycles. The first kappa shape index (κ1) is 14.6. The molecule has 0 aliphatic heterocycles. The van der Waals surface area contributed by atoms with Crippen LogP contribution in [0.15, 0.2) is 12.3 Å². The molecule has 0 spiro atoms. The molecule has 0 saturated heterocycles. The lowest BCUT2D eigenvalue weighted by molar-refractivity contribution is -0.385. The van der Waals surface area contributed by atoms with Gasteiger partial charge >= 0.3 is 0 Å². The average Bonchev–Trinajstić information content (AvgIpc) is 2.36. The Morgan fingerprint density at radius 1 is 1.50 bits per heavy atom. The van der Waals surface area contributed by atoms with Gasteiger partial charge in [-0.15, -0.1) is 0 Å². The van der Waals surface area contributed by atoms with Crippen molar-refractivity contribution in [3.05, 3.63) is 33.6 Å². The summed E-state index contributed by atoms with van der Waals surface area (Å²) in [7, 11) is 0. The summed E-state index contributed by atoms with van der Waals surface area (Å²) in [6.45, 7) is 6.90. The van der Waals surface area contributed by atoms with Gasteiger partial charge in [-0.25, -0.2) is 0 Å². The monoisotopic (exact) mass is 251 g/mol. The summed E-state index contributed by atoms with van der Waals surface area (Å²) in [5, 5.41) is 14.3. The molecule has 1 atom stereocenters. The average molecular weight is 251 g/mol. The lowest BCUT2D eigenvalue weighted by Gasteiger charge is -2.15. The number of rotatable bonds is 7. The summed E-state index contributed by atoms with van der Waals surface area (Å²) < 4.78 is 0. The Morgan fingerprint density at radius 2 is 2.22 bits per heavy atom. The van der Waals surface area contributed by atoms with Gasteiger partial charge in [0, 0.05) is 36.0 Å². The molecule has 1 aromatic heterocycles. The third-order valence-electron chi connectivity index (χ3n) is 2.96. The van der Waals surface area contributed by atoms with Gasteiger partial charge in [0.05, 0.1) is 4.92 Å². The van der Waals surface area contributed by atoms with E-state index in [1.807, 2.05) is 0 Å². The van der Waals surface area contributed by atoms with E-state index in [9.17, 15) is 10.1 Å². The molecule has 5 heteroatoms. The molecule has 1 heterocycles. The molecule has 1 aromatic rings. The van der Waals surface area contributed by atoms with Crippen LogP contribution in [0.3, 0.4) is 0 Å². The van der Waals surface area contributed by atoms with Crippen molar-refractivity contribution in [2.75, 3.05) is 6.54 Å². The minimum Gasteiger partial charge on any atom is -0.314 e. The number of nitrogens with zero attached hydrogens (tertiary/aromatic N) is 2. The molecule has 0 bridgehead atoms. The largest absolute Gasteiger partial charge is 0.314 e. The van der Waals surface area contributed by atoms with Crippen LogP contribution in [0, 0.1) is 17.0 Å². The number of aryl methyl sites for hydroxylation is 1. The van der Waals surface area contributed by atoms with Crippen molar-refractivity contribution in [1.29, 1.82) is 0 Å². The van der Waals surface area contributed by atoms with E-state index < -0.39 is 0 Å². The smallest absolute Gasteiger partial charge is 0.275 e. The second-order valence-corrected chi connectivity index (χ2v) is 4.48. The van der Waals surface area contributed by atoms with Crippen LogP contribution < -0.4 is 5.32 Å². The van der Waals surface area contributed by atoms with Crippen LogP contribution in [0.1, 0.15) is 37.9 Å². The van der Waals surface area contributed by atoms with Crippen LogP contribution in [0.5, 0.6) is 0 Å². The zero-order valence-electron chi connectivity index (χ0n) is 11.3. The Hall–Kier alpha value is -1.49. The minimum atomic E-state index is -0.346. The summed E-state index contributed by atoms with van der Waals surface area (Å²) in [5.74, 6) is 0. The molecular formula is C13H21N3O2. The molecule has 0 aliphatic rings. The van der Waals surface area contributed by atoms with Crippen molar-refractivity contribution in [1.82, 2.24) is 10.3 Å². The van der Waals surface area contributed by atoms with Crippen molar-refractivity contribution < 1.29 is 4.92 Å². The highest BCUT2D eigenvalue weighted by Crippen LogP contribution is 2.18. The molecule has 1 N–H and O–H groups in total. The predicted octanol–water partition coefficient (Wildman–Crippen LogP) is 2.62. The van der Waals surface area contributed by atoms with E-state index in [1.54, 1.807) is 19.2 Å². The minimum absolute atomic E-state index is 0.158. The van der Waals surface area contributed by atoms with E-state index >= 15 is 0 Å². The number of pyridine rings is 1. The van der Waals surface area contributed by atoms with Gasteiger partial charge in [-0.3, -0.25) is 15.1 Å². The fourth-order valence-electron chi connectivity index (χ4n) is 1.82. The summed E-state index contributed by atoms with van der Waals surface area (Å²) in [6.07, 6.45) is 4.39. The quantitative estimate of drug-likeness (QED) is 0.597.